The number of carbonyl (C=O) groups is 2. The molecule has 0 aromatic heterocycles. The van der Waals surface area contributed by atoms with Crippen molar-refractivity contribution in [2.24, 2.45) is 0 Å². The van der Waals surface area contributed by atoms with Gasteiger partial charge in [-0.1, -0.05) is 231 Å². The first-order valence-electron chi connectivity index (χ1n) is 25.7. The van der Waals surface area contributed by atoms with E-state index < -0.39 is 18.2 Å². The fourth-order valence-electron chi connectivity index (χ4n) is 7.86. The lowest BCUT2D eigenvalue weighted by molar-refractivity contribution is -0.151. The van der Waals surface area contributed by atoms with Crippen LogP contribution in [0.3, 0.4) is 0 Å². The Hall–Kier alpha value is -1.92. The standard InChI is InChI=1S/C53H99NO5/c1-4-7-10-13-16-19-22-24-26-27-30-32-35-38-41-44-49(59-53(58)46-43-40-37-34-31-28-25-23-20-17-14-11-8-5-2)47-52(57)54-50(48-55)51(56)45-42-39-36-33-29-21-18-15-12-9-6-3/h8,11,17,20,25,28,49-51,55-56H,4-7,9-10,12-16,18-19,21-24,26-27,29-48H2,1-3H3,(H,54,57)/b11-8+,20-17+,28-25+. The van der Waals surface area contributed by atoms with Gasteiger partial charge in [-0.05, 0) is 57.8 Å². The number of rotatable bonds is 46. The minimum absolute atomic E-state index is 0.0724. The van der Waals surface area contributed by atoms with Gasteiger partial charge < -0.3 is 20.3 Å². The molecule has 0 spiro atoms. The molecule has 59 heavy (non-hydrogen) atoms. The Balaban J connectivity index is 4.59. The summed E-state index contributed by atoms with van der Waals surface area (Å²) >= 11 is 0. The van der Waals surface area contributed by atoms with Gasteiger partial charge >= 0.3 is 5.97 Å². The molecule has 0 heterocycles. The van der Waals surface area contributed by atoms with Crippen LogP contribution in [0.2, 0.25) is 0 Å². The minimum Gasteiger partial charge on any atom is -0.462 e. The molecule has 0 saturated carbocycles. The molecule has 3 N–H and O–H groups in total. The van der Waals surface area contributed by atoms with Crippen molar-refractivity contribution in [1.29, 1.82) is 0 Å². The monoisotopic (exact) mass is 830 g/mol. The summed E-state index contributed by atoms with van der Waals surface area (Å²) in [5.74, 6) is -0.489. The quantitative estimate of drug-likeness (QED) is 0.0323. The number of allylic oxidation sites excluding steroid dienone is 6. The van der Waals surface area contributed by atoms with Crippen molar-refractivity contribution >= 4 is 11.9 Å². The molecule has 0 aromatic carbocycles. The summed E-state index contributed by atoms with van der Waals surface area (Å²) in [5, 5.41) is 23.7. The Kier molecular flexibility index (Phi) is 45.6. The number of hydrogen-bond donors (Lipinski definition) is 3. The number of amides is 1. The van der Waals surface area contributed by atoms with Crippen molar-refractivity contribution in [2.75, 3.05) is 6.61 Å². The highest BCUT2D eigenvalue weighted by Gasteiger charge is 2.24. The van der Waals surface area contributed by atoms with E-state index >= 15 is 0 Å². The summed E-state index contributed by atoms with van der Waals surface area (Å²) in [6, 6.07) is -0.702. The van der Waals surface area contributed by atoms with E-state index in [1.807, 2.05) is 0 Å². The largest absolute Gasteiger partial charge is 0.462 e. The van der Waals surface area contributed by atoms with E-state index in [2.05, 4.69) is 62.5 Å². The first-order valence-corrected chi connectivity index (χ1v) is 25.7. The van der Waals surface area contributed by atoms with E-state index in [0.29, 0.717) is 19.3 Å². The van der Waals surface area contributed by atoms with E-state index in [0.717, 1.165) is 83.5 Å². The van der Waals surface area contributed by atoms with E-state index in [1.54, 1.807) is 0 Å². The number of aliphatic hydroxyl groups is 2. The Bertz CT molecular complexity index is 977. The molecule has 0 aliphatic carbocycles. The Morgan fingerprint density at radius 3 is 1.39 bits per heavy atom. The third kappa shape index (κ3) is 42.6. The van der Waals surface area contributed by atoms with Crippen LogP contribution in [0.1, 0.15) is 265 Å². The molecule has 0 aliphatic heterocycles. The number of esters is 1. The van der Waals surface area contributed by atoms with Gasteiger partial charge in [0.2, 0.25) is 5.91 Å². The molecule has 0 radical (unpaired) electrons. The zero-order valence-electron chi connectivity index (χ0n) is 39.4. The van der Waals surface area contributed by atoms with Gasteiger partial charge in [-0.15, -0.1) is 0 Å². The first kappa shape index (κ1) is 57.1. The molecule has 3 unspecified atom stereocenters. The highest BCUT2D eigenvalue weighted by Crippen LogP contribution is 2.18. The number of aliphatic hydroxyl groups excluding tert-OH is 2. The van der Waals surface area contributed by atoms with Crippen LogP contribution in [0, 0.1) is 0 Å². The molecule has 3 atom stereocenters. The topological polar surface area (TPSA) is 95.9 Å². The predicted molar refractivity (Wildman–Crippen MR) is 255 cm³/mol. The lowest BCUT2D eigenvalue weighted by Crippen LogP contribution is -2.46. The third-order valence-electron chi connectivity index (χ3n) is 11.7. The van der Waals surface area contributed by atoms with Crippen molar-refractivity contribution in [3.8, 4) is 0 Å². The highest BCUT2D eigenvalue weighted by atomic mass is 16.5. The van der Waals surface area contributed by atoms with Crippen LogP contribution in [-0.4, -0.2) is 46.9 Å². The van der Waals surface area contributed by atoms with Crippen molar-refractivity contribution in [2.45, 2.75) is 283 Å². The molecule has 0 bridgehead atoms. The molecule has 0 saturated heterocycles. The summed E-state index contributed by atoms with van der Waals surface area (Å²) in [4.78, 5) is 26.1. The van der Waals surface area contributed by atoms with Crippen LogP contribution in [0.25, 0.3) is 0 Å². The van der Waals surface area contributed by atoms with Gasteiger partial charge in [-0.3, -0.25) is 9.59 Å². The highest BCUT2D eigenvalue weighted by molar-refractivity contribution is 5.77. The third-order valence-corrected chi connectivity index (χ3v) is 11.7. The molecular formula is C53H99NO5. The second kappa shape index (κ2) is 47.1. The predicted octanol–water partition coefficient (Wildman–Crippen LogP) is 15.3. The maximum Gasteiger partial charge on any atom is 0.306 e. The van der Waals surface area contributed by atoms with Gasteiger partial charge in [0.1, 0.15) is 6.10 Å². The molecule has 6 nitrogen and oxygen atoms in total. The van der Waals surface area contributed by atoms with Gasteiger partial charge in [0, 0.05) is 6.42 Å². The molecule has 6 heteroatoms. The number of hydrogen-bond acceptors (Lipinski definition) is 5. The first-order chi connectivity index (χ1) is 29.0. The van der Waals surface area contributed by atoms with E-state index in [-0.39, 0.29) is 24.9 Å². The van der Waals surface area contributed by atoms with Gasteiger partial charge in [0.15, 0.2) is 0 Å². The average molecular weight is 830 g/mol. The maximum atomic E-state index is 13.2. The van der Waals surface area contributed by atoms with Crippen LogP contribution < -0.4 is 5.32 Å². The Morgan fingerprint density at radius 1 is 0.508 bits per heavy atom. The van der Waals surface area contributed by atoms with Gasteiger partial charge in [-0.25, -0.2) is 0 Å². The zero-order chi connectivity index (χ0) is 43.1. The lowest BCUT2D eigenvalue weighted by Gasteiger charge is -2.24. The Labute approximate surface area is 366 Å². The summed E-state index contributed by atoms with van der Waals surface area (Å²) in [6.07, 6.45) is 54.9. The molecular weight excluding hydrogens is 731 g/mol. The minimum atomic E-state index is -0.788. The zero-order valence-corrected chi connectivity index (χ0v) is 39.4. The summed E-state index contributed by atoms with van der Waals surface area (Å²) in [7, 11) is 0. The van der Waals surface area contributed by atoms with Crippen LogP contribution in [0.4, 0.5) is 0 Å². The number of unbranched alkanes of at least 4 members (excludes halogenated alkanes) is 28. The summed E-state index contributed by atoms with van der Waals surface area (Å²) < 4.78 is 5.93. The van der Waals surface area contributed by atoms with Crippen LogP contribution in [0.15, 0.2) is 36.5 Å². The van der Waals surface area contributed by atoms with Crippen molar-refractivity contribution in [1.82, 2.24) is 5.32 Å². The second-order valence-electron chi connectivity index (χ2n) is 17.5. The molecule has 346 valence electrons. The lowest BCUT2D eigenvalue weighted by atomic mass is 10.0. The fourth-order valence-corrected chi connectivity index (χ4v) is 7.86. The smallest absolute Gasteiger partial charge is 0.306 e. The van der Waals surface area contributed by atoms with E-state index in [4.69, 9.17) is 4.74 Å². The van der Waals surface area contributed by atoms with E-state index in [9.17, 15) is 19.8 Å². The van der Waals surface area contributed by atoms with Gasteiger partial charge in [0.05, 0.1) is 25.2 Å². The van der Waals surface area contributed by atoms with Crippen LogP contribution in [0.5, 0.6) is 0 Å². The Morgan fingerprint density at radius 2 is 0.915 bits per heavy atom. The average Bonchev–Trinajstić information content (AvgIpc) is 3.23. The number of nitrogens with one attached hydrogen (secondary N) is 1. The SMILES string of the molecule is CC/C=C/C/C=C/C/C=C/CCCCCCC(=O)OC(CCCCCCCCCCCCCCCCC)CC(=O)NC(CO)C(O)CCCCCCCCCCCCC. The summed E-state index contributed by atoms with van der Waals surface area (Å²) in [6.45, 7) is 6.37. The van der Waals surface area contributed by atoms with Crippen LogP contribution >= 0.6 is 0 Å². The van der Waals surface area contributed by atoms with Crippen molar-refractivity contribution in [3.63, 3.8) is 0 Å². The maximum absolute atomic E-state index is 13.2. The van der Waals surface area contributed by atoms with Crippen molar-refractivity contribution in [3.05, 3.63) is 36.5 Å². The second-order valence-corrected chi connectivity index (χ2v) is 17.5. The molecule has 0 rings (SSSR count). The molecule has 0 aliphatic rings. The summed E-state index contributed by atoms with van der Waals surface area (Å²) in [5.41, 5.74) is 0. The molecule has 1 amide bonds. The fraction of sp³-hybridized carbons (Fsp3) is 0.849. The number of ether oxygens (including phenoxy) is 1. The molecule has 0 aromatic rings. The number of carbonyl (C=O) groups excluding carboxylic acids is 2. The molecule has 0 fully saturated rings. The van der Waals surface area contributed by atoms with Crippen molar-refractivity contribution < 1.29 is 24.5 Å². The van der Waals surface area contributed by atoms with Crippen LogP contribution in [-0.2, 0) is 14.3 Å². The van der Waals surface area contributed by atoms with Gasteiger partial charge in [0.25, 0.3) is 0 Å². The van der Waals surface area contributed by atoms with Gasteiger partial charge in [-0.2, -0.15) is 0 Å². The van der Waals surface area contributed by atoms with E-state index in [1.165, 1.54) is 135 Å². The normalized spacial score (nSPS) is 13.5.